The Hall–Kier alpha value is -1.29. The average Bonchev–Trinajstić information content (AvgIpc) is 2.15. The van der Waals surface area contributed by atoms with Crippen molar-refractivity contribution in [3.63, 3.8) is 0 Å². The summed E-state index contributed by atoms with van der Waals surface area (Å²) in [4.78, 5) is 3.96. The highest BCUT2D eigenvalue weighted by molar-refractivity contribution is 5.60. The Bertz CT molecular complexity index is 252. The van der Waals surface area contributed by atoms with Crippen molar-refractivity contribution in [2.75, 3.05) is 31.3 Å². The minimum atomic E-state index is 0.542. The first kappa shape index (κ1) is 9.80. The number of nitrogens with one attached hydrogen (secondary N) is 1. The van der Waals surface area contributed by atoms with E-state index < -0.39 is 0 Å². The molecule has 1 aromatic heterocycles. The topological polar surface area (TPSA) is 60.2 Å². The average molecular weight is 181 g/mol. The molecule has 72 valence electrons. The molecule has 0 saturated carbocycles. The third-order valence-corrected chi connectivity index (χ3v) is 1.68. The van der Waals surface area contributed by atoms with Gasteiger partial charge in [-0.1, -0.05) is 0 Å². The van der Waals surface area contributed by atoms with Crippen LogP contribution in [0.5, 0.6) is 0 Å². The van der Waals surface area contributed by atoms with Crippen LogP contribution in [0.25, 0.3) is 0 Å². The van der Waals surface area contributed by atoms with Gasteiger partial charge in [0.1, 0.15) is 5.82 Å². The van der Waals surface area contributed by atoms with Crippen molar-refractivity contribution in [2.24, 2.45) is 0 Å². The van der Waals surface area contributed by atoms with Crippen LogP contribution in [0.2, 0.25) is 0 Å². The number of nitrogens with two attached hydrogens (primary N) is 1. The van der Waals surface area contributed by atoms with Crippen LogP contribution in [0.15, 0.2) is 18.3 Å². The minimum Gasteiger partial charge on any atom is -0.385 e. The molecule has 4 nitrogen and oxygen atoms in total. The number of hydrogen-bond donors (Lipinski definition) is 2. The number of methoxy groups -OCH3 is 1. The molecule has 0 amide bonds. The van der Waals surface area contributed by atoms with Gasteiger partial charge in [-0.25, -0.2) is 4.98 Å². The quantitative estimate of drug-likeness (QED) is 0.668. The van der Waals surface area contributed by atoms with E-state index in [0.29, 0.717) is 5.82 Å². The molecule has 0 unspecified atom stereocenters. The fourth-order valence-electron chi connectivity index (χ4n) is 1.01. The van der Waals surface area contributed by atoms with Crippen LogP contribution < -0.4 is 11.1 Å². The molecule has 1 rings (SSSR count). The van der Waals surface area contributed by atoms with E-state index in [0.717, 1.165) is 25.3 Å². The molecule has 1 heterocycles. The van der Waals surface area contributed by atoms with Crippen molar-refractivity contribution >= 4 is 11.5 Å². The lowest BCUT2D eigenvalue weighted by molar-refractivity contribution is 0.198. The zero-order valence-electron chi connectivity index (χ0n) is 7.79. The van der Waals surface area contributed by atoms with Gasteiger partial charge in [0.25, 0.3) is 0 Å². The summed E-state index contributed by atoms with van der Waals surface area (Å²) in [5.74, 6) is 0.542. The molecule has 0 aliphatic rings. The summed E-state index contributed by atoms with van der Waals surface area (Å²) in [6.45, 7) is 1.61. The molecule has 0 aliphatic carbocycles. The maximum absolute atomic E-state index is 5.63. The van der Waals surface area contributed by atoms with Crippen LogP contribution in [0.1, 0.15) is 6.42 Å². The number of pyridine rings is 1. The zero-order chi connectivity index (χ0) is 9.52. The van der Waals surface area contributed by atoms with E-state index in [1.165, 1.54) is 0 Å². The molecule has 4 heteroatoms. The second kappa shape index (κ2) is 5.37. The van der Waals surface area contributed by atoms with E-state index in [4.69, 9.17) is 10.5 Å². The first-order chi connectivity index (χ1) is 6.34. The standard InChI is InChI=1S/C9H15N3O/c1-13-7-3-6-11-8-4-2-5-12-9(8)10/h2,4-5,11H,3,6-7H2,1H3,(H2,10,12). The number of ether oxygens (including phenoxy) is 1. The van der Waals surface area contributed by atoms with Crippen molar-refractivity contribution in [1.29, 1.82) is 0 Å². The molecule has 0 aliphatic heterocycles. The van der Waals surface area contributed by atoms with Crippen LogP contribution >= 0.6 is 0 Å². The third kappa shape index (κ3) is 3.29. The van der Waals surface area contributed by atoms with Gasteiger partial charge < -0.3 is 15.8 Å². The molecule has 1 aromatic rings. The fourth-order valence-corrected chi connectivity index (χ4v) is 1.01. The van der Waals surface area contributed by atoms with E-state index in [2.05, 4.69) is 10.3 Å². The Morgan fingerprint density at radius 3 is 3.15 bits per heavy atom. The van der Waals surface area contributed by atoms with Gasteiger partial charge in [0.15, 0.2) is 0 Å². The van der Waals surface area contributed by atoms with E-state index in [-0.39, 0.29) is 0 Å². The Labute approximate surface area is 78.1 Å². The van der Waals surface area contributed by atoms with Gasteiger partial charge in [0.2, 0.25) is 0 Å². The predicted molar refractivity (Wildman–Crippen MR) is 53.6 cm³/mol. The summed E-state index contributed by atoms with van der Waals surface area (Å²) in [6.07, 6.45) is 2.64. The van der Waals surface area contributed by atoms with Crippen LogP contribution in [-0.4, -0.2) is 25.2 Å². The maximum atomic E-state index is 5.63. The molecule has 0 atom stereocenters. The van der Waals surface area contributed by atoms with Crippen molar-refractivity contribution < 1.29 is 4.74 Å². The van der Waals surface area contributed by atoms with Crippen LogP contribution in [-0.2, 0) is 4.74 Å². The van der Waals surface area contributed by atoms with Crippen LogP contribution in [0.3, 0.4) is 0 Å². The molecule has 0 aromatic carbocycles. The molecule has 0 radical (unpaired) electrons. The molecule has 13 heavy (non-hydrogen) atoms. The molecular weight excluding hydrogens is 166 g/mol. The second-order valence-corrected chi connectivity index (χ2v) is 2.71. The molecule has 3 N–H and O–H groups in total. The Morgan fingerprint density at radius 2 is 2.46 bits per heavy atom. The van der Waals surface area contributed by atoms with E-state index in [1.807, 2.05) is 12.1 Å². The summed E-state index contributed by atoms with van der Waals surface area (Å²) in [5.41, 5.74) is 6.52. The largest absolute Gasteiger partial charge is 0.385 e. The number of anilines is 2. The fraction of sp³-hybridized carbons (Fsp3) is 0.444. The second-order valence-electron chi connectivity index (χ2n) is 2.71. The summed E-state index contributed by atoms with van der Waals surface area (Å²) in [5, 5.41) is 3.18. The zero-order valence-corrected chi connectivity index (χ0v) is 7.79. The Morgan fingerprint density at radius 1 is 1.62 bits per heavy atom. The SMILES string of the molecule is COCCCNc1cccnc1N. The minimum absolute atomic E-state index is 0.542. The summed E-state index contributed by atoms with van der Waals surface area (Å²) >= 11 is 0. The molecule has 0 spiro atoms. The van der Waals surface area contributed by atoms with Gasteiger partial charge in [-0.2, -0.15) is 0 Å². The molecule has 0 saturated heterocycles. The van der Waals surface area contributed by atoms with Crippen LogP contribution in [0.4, 0.5) is 11.5 Å². The van der Waals surface area contributed by atoms with Gasteiger partial charge in [0, 0.05) is 26.5 Å². The molecule has 0 fully saturated rings. The number of nitrogens with zero attached hydrogens (tertiary/aromatic N) is 1. The maximum Gasteiger partial charge on any atom is 0.146 e. The van der Waals surface area contributed by atoms with Crippen molar-refractivity contribution in [3.8, 4) is 0 Å². The molecule has 0 bridgehead atoms. The lowest BCUT2D eigenvalue weighted by Crippen LogP contribution is -2.07. The highest BCUT2D eigenvalue weighted by Gasteiger charge is 1.96. The van der Waals surface area contributed by atoms with Crippen molar-refractivity contribution in [3.05, 3.63) is 18.3 Å². The first-order valence-electron chi connectivity index (χ1n) is 4.28. The number of aromatic nitrogens is 1. The van der Waals surface area contributed by atoms with Gasteiger partial charge >= 0.3 is 0 Å². The number of nitrogen functional groups attached to an aromatic ring is 1. The summed E-state index contributed by atoms with van der Waals surface area (Å²) in [6, 6.07) is 3.77. The smallest absolute Gasteiger partial charge is 0.146 e. The summed E-state index contributed by atoms with van der Waals surface area (Å²) in [7, 11) is 1.69. The lowest BCUT2D eigenvalue weighted by atomic mass is 10.3. The normalized spacial score (nSPS) is 9.92. The third-order valence-electron chi connectivity index (χ3n) is 1.68. The monoisotopic (exact) mass is 181 g/mol. The van der Waals surface area contributed by atoms with Gasteiger partial charge in [-0.15, -0.1) is 0 Å². The van der Waals surface area contributed by atoms with Crippen LogP contribution in [0, 0.1) is 0 Å². The lowest BCUT2D eigenvalue weighted by Gasteiger charge is -2.07. The van der Waals surface area contributed by atoms with Crippen molar-refractivity contribution in [2.45, 2.75) is 6.42 Å². The Kier molecular flexibility index (Phi) is 4.05. The number of hydrogen-bond acceptors (Lipinski definition) is 4. The first-order valence-corrected chi connectivity index (χ1v) is 4.28. The number of rotatable bonds is 5. The van der Waals surface area contributed by atoms with Gasteiger partial charge in [0.05, 0.1) is 5.69 Å². The molecular formula is C9H15N3O. The van der Waals surface area contributed by atoms with E-state index in [1.54, 1.807) is 13.3 Å². The summed E-state index contributed by atoms with van der Waals surface area (Å²) < 4.78 is 4.92. The predicted octanol–water partition coefficient (Wildman–Crippen LogP) is 1.11. The van der Waals surface area contributed by atoms with E-state index >= 15 is 0 Å². The van der Waals surface area contributed by atoms with Gasteiger partial charge in [-0.05, 0) is 18.6 Å². The highest BCUT2D eigenvalue weighted by atomic mass is 16.5. The van der Waals surface area contributed by atoms with E-state index in [9.17, 15) is 0 Å². The van der Waals surface area contributed by atoms with Gasteiger partial charge in [-0.3, -0.25) is 0 Å². The Balaban J connectivity index is 2.32. The highest BCUT2D eigenvalue weighted by Crippen LogP contribution is 2.12. The van der Waals surface area contributed by atoms with Crippen molar-refractivity contribution in [1.82, 2.24) is 4.98 Å².